The van der Waals surface area contributed by atoms with Crippen LogP contribution in [0.15, 0.2) is 16.5 Å². The van der Waals surface area contributed by atoms with Gasteiger partial charge in [-0.25, -0.2) is 8.78 Å². The molecule has 7 heteroatoms. The number of benzene rings is 2. The maximum atomic E-state index is 14.6. The van der Waals surface area contributed by atoms with Crippen LogP contribution in [0.25, 0.3) is 21.9 Å². The van der Waals surface area contributed by atoms with Crippen LogP contribution in [0.5, 0.6) is 11.5 Å². The van der Waals surface area contributed by atoms with Gasteiger partial charge >= 0.3 is 0 Å². The van der Waals surface area contributed by atoms with E-state index in [0.29, 0.717) is 5.92 Å². The van der Waals surface area contributed by atoms with Gasteiger partial charge in [0, 0.05) is 12.1 Å². The van der Waals surface area contributed by atoms with Crippen molar-refractivity contribution in [2.75, 3.05) is 13.2 Å². The molecule has 1 saturated carbocycles. The van der Waals surface area contributed by atoms with Crippen LogP contribution in [0, 0.1) is 29.2 Å². The molecule has 0 spiro atoms. The highest BCUT2D eigenvalue weighted by Crippen LogP contribution is 2.40. The third-order valence-corrected chi connectivity index (χ3v) is 4.99. The van der Waals surface area contributed by atoms with Crippen LogP contribution < -0.4 is 9.47 Å². The van der Waals surface area contributed by atoms with Crippen LogP contribution in [0.1, 0.15) is 32.6 Å². The summed E-state index contributed by atoms with van der Waals surface area (Å²) < 4.78 is 73.7. The maximum absolute atomic E-state index is 14.6. The van der Waals surface area contributed by atoms with Crippen LogP contribution in [0.4, 0.5) is 17.6 Å². The summed E-state index contributed by atoms with van der Waals surface area (Å²) >= 11 is 0. The van der Waals surface area contributed by atoms with Gasteiger partial charge in [-0.05, 0) is 25.7 Å². The second-order valence-corrected chi connectivity index (χ2v) is 6.75. The van der Waals surface area contributed by atoms with Gasteiger partial charge in [-0.3, -0.25) is 0 Å². The maximum Gasteiger partial charge on any atom is 0.201 e. The Bertz CT molecular complexity index is 1010. The lowest BCUT2D eigenvalue weighted by Crippen LogP contribution is -2.09. The minimum absolute atomic E-state index is 0.114. The number of halogens is 4. The smallest absolute Gasteiger partial charge is 0.201 e. The van der Waals surface area contributed by atoms with Crippen LogP contribution in [0.2, 0.25) is 0 Å². The van der Waals surface area contributed by atoms with Crippen molar-refractivity contribution in [3.8, 4) is 11.5 Å². The average Bonchev–Trinajstić information content (AvgIpc) is 3.29. The minimum atomic E-state index is -1.34. The first-order valence-corrected chi connectivity index (χ1v) is 8.99. The first-order chi connectivity index (χ1) is 13.0. The van der Waals surface area contributed by atoms with Crippen molar-refractivity contribution in [3.63, 3.8) is 0 Å². The summed E-state index contributed by atoms with van der Waals surface area (Å²) in [5.74, 6) is -5.51. The Morgan fingerprint density at radius 1 is 0.852 bits per heavy atom. The SMILES string of the molecule is CCOc1cc2oc3cc(OCC4CCCC4)c(F)c(F)c3c2c(F)c1F. The number of furan rings is 1. The Balaban J connectivity index is 1.82. The topological polar surface area (TPSA) is 31.6 Å². The molecule has 0 bridgehead atoms. The van der Waals surface area contributed by atoms with Gasteiger partial charge in [0.05, 0.1) is 24.0 Å². The summed E-state index contributed by atoms with van der Waals surface area (Å²) in [5.41, 5.74) is -0.240. The van der Waals surface area contributed by atoms with E-state index in [1.54, 1.807) is 6.92 Å². The molecule has 0 radical (unpaired) electrons. The van der Waals surface area contributed by atoms with Crippen molar-refractivity contribution in [3.05, 3.63) is 35.4 Å². The van der Waals surface area contributed by atoms with Gasteiger partial charge in [-0.15, -0.1) is 0 Å². The molecule has 1 aromatic heterocycles. The third kappa shape index (κ3) is 2.99. The first-order valence-electron chi connectivity index (χ1n) is 8.99. The Kier molecular flexibility index (Phi) is 4.61. The number of hydrogen-bond acceptors (Lipinski definition) is 3. The summed E-state index contributed by atoms with van der Waals surface area (Å²) in [6.07, 6.45) is 4.17. The molecule has 3 aromatic rings. The molecule has 1 aliphatic rings. The molecule has 27 heavy (non-hydrogen) atoms. The molecule has 144 valence electrons. The van der Waals surface area contributed by atoms with Crippen molar-refractivity contribution in [2.45, 2.75) is 32.6 Å². The van der Waals surface area contributed by atoms with E-state index in [1.165, 1.54) is 6.07 Å². The fourth-order valence-electron chi connectivity index (χ4n) is 3.66. The second-order valence-electron chi connectivity index (χ2n) is 6.75. The molecule has 4 rings (SSSR count). The fraction of sp³-hybridized carbons (Fsp3) is 0.400. The Morgan fingerprint density at radius 3 is 1.89 bits per heavy atom. The first kappa shape index (κ1) is 17.9. The highest BCUT2D eigenvalue weighted by Gasteiger charge is 2.26. The van der Waals surface area contributed by atoms with Gasteiger partial charge in [0.2, 0.25) is 11.6 Å². The highest BCUT2D eigenvalue weighted by molar-refractivity contribution is 6.06. The Morgan fingerprint density at radius 2 is 1.37 bits per heavy atom. The highest BCUT2D eigenvalue weighted by atomic mass is 19.2. The third-order valence-electron chi connectivity index (χ3n) is 4.99. The molecule has 2 aromatic carbocycles. The lowest BCUT2D eigenvalue weighted by atomic mass is 10.1. The summed E-state index contributed by atoms with van der Waals surface area (Å²) in [7, 11) is 0. The second kappa shape index (κ2) is 6.94. The van der Waals surface area contributed by atoms with Crippen molar-refractivity contribution < 1.29 is 31.5 Å². The molecular weight excluding hydrogens is 364 g/mol. The number of rotatable bonds is 5. The van der Waals surface area contributed by atoms with Crippen LogP contribution in [-0.2, 0) is 0 Å². The Labute approximate surface area is 152 Å². The summed E-state index contributed by atoms with van der Waals surface area (Å²) in [5, 5.41) is -0.903. The molecule has 0 unspecified atom stereocenters. The lowest BCUT2D eigenvalue weighted by molar-refractivity contribution is 0.239. The molecule has 0 N–H and O–H groups in total. The van der Waals surface area contributed by atoms with Gasteiger partial charge in [-0.1, -0.05) is 12.8 Å². The van der Waals surface area contributed by atoms with E-state index >= 15 is 0 Å². The van der Waals surface area contributed by atoms with Gasteiger partial charge in [0.1, 0.15) is 11.2 Å². The standard InChI is InChI=1S/C20H18F4O3/c1-2-25-13-7-11-15(19(23)17(13)21)16-12(27-11)8-14(18(22)20(16)24)26-9-10-5-3-4-6-10/h7-8,10H,2-6,9H2,1H3. The number of fused-ring (bicyclic) bond motifs is 3. The van der Waals surface area contributed by atoms with Gasteiger partial charge < -0.3 is 13.9 Å². The van der Waals surface area contributed by atoms with Crippen molar-refractivity contribution in [2.24, 2.45) is 5.92 Å². The molecule has 0 atom stereocenters. The zero-order chi connectivity index (χ0) is 19.1. The minimum Gasteiger partial charge on any atom is -0.491 e. The molecule has 1 aliphatic carbocycles. The van der Waals surface area contributed by atoms with Crippen LogP contribution >= 0.6 is 0 Å². The van der Waals surface area contributed by atoms with E-state index in [9.17, 15) is 17.6 Å². The van der Waals surface area contributed by atoms with E-state index in [-0.39, 0.29) is 35.9 Å². The zero-order valence-corrected chi connectivity index (χ0v) is 14.7. The largest absolute Gasteiger partial charge is 0.491 e. The molecule has 3 nitrogen and oxygen atoms in total. The van der Waals surface area contributed by atoms with E-state index in [4.69, 9.17) is 13.9 Å². The molecule has 1 heterocycles. The zero-order valence-electron chi connectivity index (χ0n) is 14.7. The van der Waals surface area contributed by atoms with Crippen molar-refractivity contribution in [1.29, 1.82) is 0 Å². The molecule has 0 saturated heterocycles. The predicted molar refractivity (Wildman–Crippen MR) is 92.2 cm³/mol. The molecular formula is C20H18F4O3. The van der Waals surface area contributed by atoms with Crippen LogP contribution in [0.3, 0.4) is 0 Å². The lowest BCUT2D eigenvalue weighted by Gasteiger charge is -2.12. The predicted octanol–water partition coefficient (Wildman–Crippen LogP) is 6.11. The molecule has 0 amide bonds. The summed E-state index contributed by atoms with van der Waals surface area (Å²) in [6.45, 7) is 2.01. The molecule has 0 aliphatic heterocycles. The van der Waals surface area contributed by atoms with E-state index in [1.807, 2.05) is 0 Å². The van der Waals surface area contributed by atoms with Crippen molar-refractivity contribution >= 4 is 21.9 Å². The van der Waals surface area contributed by atoms with Gasteiger partial charge in [0.25, 0.3) is 0 Å². The average molecular weight is 382 g/mol. The van der Waals surface area contributed by atoms with Crippen molar-refractivity contribution in [1.82, 2.24) is 0 Å². The van der Waals surface area contributed by atoms with Gasteiger partial charge in [-0.2, -0.15) is 8.78 Å². The van der Waals surface area contributed by atoms with E-state index < -0.39 is 34.0 Å². The summed E-state index contributed by atoms with van der Waals surface area (Å²) in [4.78, 5) is 0. The Hall–Kier alpha value is -2.44. The van der Waals surface area contributed by atoms with Crippen LogP contribution in [-0.4, -0.2) is 13.2 Å². The van der Waals surface area contributed by atoms with E-state index in [0.717, 1.165) is 31.7 Å². The number of ether oxygens (including phenoxy) is 2. The summed E-state index contributed by atoms with van der Waals surface area (Å²) in [6, 6.07) is 2.31. The quantitative estimate of drug-likeness (QED) is 0.499. The van der Waals surface area contributed by atoms with Gasteiger partial charge in [0.15, 0.2) is 23.1 Å². The fourth-order valence-corrected chi connectivity index (χ4v) is 3.66. The number of hydrogen-bond donors (Lipinski definition) is 0. The van der Waals surface area contributed by atoms with E-state index in [2.05, 4.69) is 0 Å². The monoisotopic (exact) mass is 382 g/mol. The normalized spacial score (nSPS) is 15.1. The molecule has 1 fully saturated rings.